The van der Waals surface area contributed by atoms with Crippen molar-refractivity contribution in [2.24, 2.45) is 0 Å². The molecule has 0 radical (unpaired) electrons. The molecule has 0 bridgehead atoms. The quantitative estimate of drug-likeness (QED) is 0.116. The predicted molar refractivity (Wildman–Crippen MR) is 132 cm³/mol. The van der Waals surface area contributed by atoms with E-state index in [1.807, 2.05) is 0 Å². The van der Waals surface area contributed by atoms with E-state index >= 15 is 0 Å². The lowest BCUT2D eigenvalue weighted by Gasteiger charge is -2.48. The van der Waals surface area contributed by atoms with Crippen molar-refractivity contribution in [3.8, 4) is 0 Å². The molecule has 0 amide bonds. The predicted octanol–water partition coefficient (Wildman–Crippen LogP) is -7.60. The fourth-order valence-electron chi connectivity index (χ4n) is 5.29. The number of aliphatic hydroxyl groups excluding tert-OH is 11. The molecule has 0 aliphatic carbocycles. The molecule has 0 aromatic carbocycles. The molecule has 20 nitrogen and oxygen atoms in total. The molecule has 4 heterocycles. The molecule has 0 aromatic heterocycles. The van der Waals surface area contributed by atoms with Gasteiger partial charge in [-0.25, -0.2) is 4.79 Å². The van der Waals surface area contributed by atoms with Crippen LogP contribution < -0.4 is 0 Å². The zero-order valence-electron chi connectivity index (χ0n) is 23.4. The number of aliphatic carboxylic acids is 1. The molecule has 44 heavy (non-hydrogen) atoms. The van der Waals surface area contributed by atoms with Gasteiger partial charge in [-0.3, -0.25) is 0 Å². The Morgan fingerprint density at radius 3 is 1.66 bits per heavy atom. The number of hydrogen-bond donors (Lipinski definition) is 12. The van der Waals surface area contributed by atoms with Gasteiger partial charge in [0.2, 0.25) is 0 Å². The first-order chi connectivity index (χ1) is 20.5. The van der Waals surface area contributed by atoms with Crippen LogP contribution in [0.3, 0.4) is 0 Å². The number of hydrogen-bond acceptors (Lipinski definition) is 19. The summed E-state index contributed by atoms with van der Waals surface area (Å²) in [6.45, 7) is 1.97. The van der Waals surface area contributed by atoms with Crippen LogP contribution in [0.15, 0.2) is 0 Å². The molecular formula is C24H40O20. The maximum absolute atomic E-state index is 11.3. The van der Waals surface area contributed by atoms with E-state index in [0.29, 0.717) is 0 Å². The van der Waals surface area contributed by atoms with Gasteiger partial charge in [0.15, 0.2) is 31.3 Å². The summed E-state index contributed by atoms with van der Waals surface area (Å²) in [6, 6.07) is 0. The average molecular weight is 649 g/mol. The monoisotopic (exact) mass is 648 g/mol. The van der Waals surface area contributed by atoms with Crippen molar-refractivity contribution < 1.29 is 99.2 Å². The largest absolute Gasteiger partial charge is 0.479 e. The molecule has 4 saturated heterocycles. The maximum atomic E-state index is 11.3. The summed E-state index contributed by atoms with van der Waals surface area (Å²) < 4.78 is 37.8. The first kappa shape index (κ1) is 35.6. The first-order valence-corrected chi connectivity index (χ1v) is 13.8. The minimum atomic E-state index is -2.00. The summed E-state index contributed by atoms with van der Waals surface area (Å²) in [5, 5.41) is 123. The Kier molecular flexibility index (Phi) is 11.5. The Morgan fingerprint density at radius 2 is 1.05 bits per heavy atom. The van der Waals surface area contributed by atoms with Crippen molar-refractivity contribution in [2.75, 3.05) is 6.61 Å². The summed E-state index contributed by atoms with van der Waals surface area (Å²) >= 11 is 0. The summed E-state index contributed by atoms with van der Waals surface area (Å²) in [4.78, 5) is 11.3. The van der Waals surface area contributed by atoms with Crippen molar-refractivity contribution in [1.82, 2.24) is 0 Å². The third kappa shape index (κ3) is 7.02. The standard InChI is InChI=1S/C24H40O20/c1-4-7(25)10(28)15(33)23(40-4)42-17-8(26)5(2)39-21(37)19(17)44-24-16(34)11(29)9(27)6(41-24)3-38-22-14(32)12(30)13(31)18(43-22)20(35)36/h4-19,21-34,37H,3H2,1-2H3,(H,35,36)/t4-,5-,6+,7-,8-,9+,10+,11-,12-,13-,14+,15+,16+,17+,18-,19+,21+,22-,23-,24+/m0/s1. The van der Waals surface area contributed by atoms with E-state index in [-0.39, 0.29) is 0 Å². The lowest BCUT2D eigenvalue weighted by molar-refractivity contribution is -0.386. The topological polar surface area (TPSA) is 324 Å². The lowest BCUT2D eigenvalue weighted by atomic mass is 9.96. The highest BCUT2D eigenvalue weighted by Gasteiger charge is 2.54. The van der Waals surface area contributed by atoms with Gasteiger partial charge in [0.05, 0.1) is 18.8 Å². The number of aliphatic hydroxyl groups is 11. The van der Waals surface area contributed by atoms with Gasteiger partial charge in [0.25, 0.3) is 0 Å². The van der Waals surface area contributed by atoms with Gasteiger partial charge in [-0.05, 0) is 13.8 Å². The van der Waals surface area contributed by atoms with Gasteiger partial charge >= 0.3 is 5.97 Å². The highest BCUT2D eigenvalue weighted by Crippen LogP contribution is 2.33. The molecule has 4 rings (SSSR count). The van der Waals surface area contributed by atoms with E-state index < -0.39 is 135 Å². The van der Waals surface area contributed by atoms with E-state index in [9.17, 15) is 66.1 Å². The third-order valence-electron chi connectivity index (χ3n) is 8.07. The molecule has 4 aliphatic rings. The Morgan fingerprint density at radius 1 is 0.545 bits per heavy atom. The molecule has 20 atom stereocenters. The molecule has 0 spiro atoms. The van der Waals surface area contributed by atoms with Crippen LogP contribution in [0.5, 0.6) is 0 Å². The van der Waals surface area contributed by atoms with E-state index in [1.165, 1.54) is 13.8 Å². The van der Waals surface area contributed by atoms with Gasteiger partial charge in [0.1, 0.15) is 79.4 Å². The van der Waals surface area contributed by atoms with Crippen molar-refractivity contribution in [3.63, 3.8) is 0 Å². The van der Waals surface area contributed by atoms with Crippen LogP contribution in [0.25, 0.3) is 0 Å². The molecule has 12 N–H and O–H groups in total. The fraction of sp³-hybridized carbons (Fsp3) is 0.958. The lowest BCUT2D eigenvalue weighted by Crippen LogP contribution is -2.66. The van der Waals surface area contributed by atoms with E-state index in [2.05, 4.69) is 0 Å². The van der Waals surface area contributed by atoms with Crippen molar-refractivity contribution in [2.45, 2.75) is 137 Å². The highest BCUT2D eigenvalue weighted by atomic mass is 16.8. The smallest absolute Gasteiger partial charge is 0.335 e. The fourth-order valence-corrected chi connectivity index (χ4v) is 5.29. The van der Waals surface area contributed by atoms with Gasteiger partial charge in [-0.1, -0.05) is 0 Å². The van der Waals surface area contributed by atoms with Crippen LogP contribution in [-0.2, 0) is 38.0 Å². The zero-order chi connectivity index (χ0) is 32.8. The maximum Gasteiger partial charge on any atom is 0.335 e. The van der Waals surface area contributed by atoms with Crippen LogP contribution >= 0.6 is 0 Å². The second kappa shape index (κ2) is 14.3. The Bertz CT molecular complexity index is 959. The van der Waals surface area contributed by atoms with E-state index in [1.54, 1.807) is 0 Å². The SMILES string of the molecule is C[C@@H]1O[C@@H](O[C@@H]2[C@@H](O)[C@H](C)O[C@@H](O)[C@@H]2O[C@H]2O[C@H](CO[C@H]3O[C@H](C(=O)O)[C@@H](O)[C@H](O)[C@H]3O)[C@@H](O)[C@H](O)[C@H]2O)[C@H](O)[C@H](O)[C@H]1O. The highest BCUT2D eigenvalue weighted by molar-refractivity contribution is 5.73. The Labute approximate surface area is 249 Å². The summed E-state index contributed by atoms with van der Waals surface area (Å²) in [6.07, 6.45) is -34.7. The van der Waals surface area contributed by atoms with E-state index in [0.717, 1.165) is 0 Å². The van der Waals surface area contributed by atoms with Gasteiger partial charge < -0.3 is 94.4 Å². The number of carboxylic acids is 1. The summed E-state index contributed by atoms with van der Waals surface area (Å²) in [5.74, 6) is -1.68. The summed E-state index contributed by atoms with van der Waals surface area (Å²) in [5.41, 5.74) is 0. The third-order valence-corrected chi connectivity index (χ3v) is 8.07. The van der Waals surface area contributed by atoms with Gasteiger partial charge in [0, 0.05) is 0 Å². The summed E-state index contributed by atoms with van der Waals surface area (Å²) in [7, 11) is 0. The Balaban J connectivity index is 1.47. The second-order valence-corrected chi connectivity index (χ2v) is 11.2. The molecular weight excluding hydrogens is 608 g/mol. The zero-order valence-corrected chi connectivity index (χ0v) is 23.4. The minimum Gasteiger partial charge on any atom is -0.479 e. The number of carboxylic acid groups (broad SMARTS) is 1. The number of rotatable bonds is 8. The molecule has 4 fully saturated rings. The van der Waals surface area contributed by atoms with Crippen molar-refractivity contribution in [1.29, 1.82) is 0 Å². The molecule has 0 aromatic rings. The number of ether oxygens (including phenoxy) is 7. The second-order valence-electron chi connectivity index (χ2n) is 11.2. The Hall–Kier alpha value is -1.25. The van der Waals surface area contributed by atoms with E-state index in [4.69, 9.17) is 33.2 Å². The van der Waals surface area contributed by atoms with Crippen LogP contribution in [0, 0.1) is 0 Å². The molecule has 256 valence electrons. The number of carbonyl (C=O) groups is 1. The van der Waals surface area contributed by atoms with Crippen LogP contribution in [-0.4, -0.2) is 197 Å². The van der Waals surface area contributed by atoms with Crippen molar-refractivity contribution in [3.05, 3.63) is 0 Å². The molecule has 20 heteroatoms. The van der Waals surface area contributed by atoms with Crippen LogP contribution in [0.1, 0.15) is 13.8 Å². The first-order valence-electron chi connectivity index (χ1n) is 13.8. The molecule has 0 saturated carbocycles. The minimum absolute atomic E-state index is 0.773. The van der Waals surface area contributed by atoms with Crippen LogP contribution in [0.2, 0.25) is 0 Å². The molecule has 0 unspecified atom stereocenters. The average Bonchev–Trinajstić information content (AvgIpc) is 2.97. The van der Waals surface area contributed by atoms with Crippen LogP contribution in [0.4, 0.5) is 0 Å². The normalized spacial score (nSPS) is 53.8. The van der Waals surface area contributed by atoms with Crippen molar-refractivity contribution >= 4 is 5.97 Å². The van der Waals surface area contributed by atoms with Gasteiger partial charge in [-0.2, -0.15) is 0 Å². The van der Waals surface area contributed by atoms with Gasteiger partial charge in [-0.15, -0.1) is 0 Å². The molecule has 4 aliphatic heterocycles.